The molecule has 0 bridgehead atoms. The molecule has 4 nitrogen and oxygen atoms in total. The van der Waals surface area contributed by atoms with E-state index in [1.54, 1.807) is 0 Å². The van der Waals surface area contributed by atoms with Gasteiger partial charge in [0.05, 0.1) is 27.9 Å². The molecule has 4 aromatic heterocycles. The van der Waals surface area contributed by atoms with Crippen LogP contribution in [-0.4, -0.2) is 19.5 Å². The number of pyridine rings is 3. The lowest BCUT2D eigenvalue weighted by Gasteiger charge is -2.13. The number of nitrogens with zero attached hydrogens (tertiary/aromatic N) is 4. The first-order valence-electron chi connectivity index (χ1n) is 13.7. The number of hydrogen-bond donors (Lipinski definition) is 0. The maximum Gasteiger partial charge on any atom is 0.0802 e. The van der Waals surface area contributed by atoms with E-state index in [2.05, 4.69) is 99.5 Å². The first-order chi connectivity index (χ1) is 20.3. The van der Waals surface area contributed by atoms with E-state index < -0.39 is 0 Å². The van der Waals surface area contributed by atoms with Gasteiger partial charge >= 0.3 is 0 Å². The van der Waals surface area contributed by atoms with Crippen LogP contribution in [0.4, 0.5) is 0 Å². The lowest BCUT2D eigenvalue weighted by molar-refractivity contribution is 1.18. The molecule has 8 rings (SSSR count). The Morgan fingerprint density at radius 3 is 1.90 bits per heavy atom. The summed E-state index contributed by atoms with van der Waals surface area (Å²) in [4.78, 5) is 14.1. The molecule has 0 unspecified atom stereocenters. The molecule has 8 aromatic rings. The molecule has 192 valence electrons. The number of aromatic nitrogens is 4. The summed E-state index contributed by atoms with van der Waals surface area (Å²) in [5.74, 6) is 0. The fourth-order valence-corrected chi connectivity index (χ4v) is 5.86. The summed E-state index contributed by atoms with van der Waals surface area (Å²) < 4.78 is 2.35. The van der Waals surface area contributed by atoms with Crippen molar-refractivity contribution in [2.75, 3.05) is 0 Å². The van der Waals surface area contributed by atoms with Gasteiger partial charge in [0.1, 0.15) is 0 Å². The van der Waals surface area contributed by atoms with Crippen molar-refractivity contribution in [2.45, 2.75) is 0 Å². The lowest BCUT2D eigenvalue weighted by Crippen LogP contribution is -1.95. The van der Waals surface area contributed by atoms with Crippen molar-refractivity contribution in [3.8, 4) is 39.3 Å². The molecule has 0 spiro atoms. The van der Waals surface area contributed by atoms with Gasteiger partial charge in [0.2, 0.25) is 0 Å². The monoisotopic (exact) mass is 524 g/mol. The number of hydrogen-bond acceptors (Lipinski definition) is 3. The average molecular weight is 525 g/mol. The summed E-state index contributed by atoms with van der Waals surface area (Å²) in [7, 11) is 0. The number of fused-ring (bicyclic) bond motifs is 5. The SMILES string of the molecule is c1ccc(-c2cc(-c3cccc(-n4c5ccccc5c5c6ncccc6ccc54)c3)cc(-c3ccccn3)c2)nc1. The van der Waals surface area contributed by atoms with Crippen molar-refractivity contribution in [1.29, 1.82) is 0 Å². The lowest BCUT2D eigenvalue weighted by atomic mass is 9.96. The first-order valence-corrected chi connectivity index (χ1v) is 13.7. The molecular formula is C37H24N4. The highest BCUT2D eigenvalue weighted by atomic mass is 15.0. The van der Waals surface area contributed by atoms with Gasteiger partial charge in [-0.2, -0.15) is 0 Å². The van der Waals surface area contributed by atoms with Gasteiger partial charge in [-0.1, -0.05) is 54.6 Å². The number of rotatable bonds is 4. The van der Waals surface area contributed by atoms with Gasteiger partial charge in [-0.15, -0.1) is 0 Å². The van der Waals surface area contributed by atoms with Crippen molar-refractivity contribution in [3.63, 3.8) is 0 Å². The van der Waals surface area contributed by atoms with E-state index in [-0.39, 0.29) is 0 Å². The molecule has 4 heterocycles. The van der Waals surface area contributed by atoms with Crippen LogP contribution in [0.25, 0.3) is 72.0 Å². The van der Waals surface area contributed by atoms with Gasteiger partial charge in [-0.05, 0) is 83.9 Å². The van der Waals surface area contributed by atoms with Gasteiger partial charge in [0.25, 0.3) is 0 Å². The van der Waals surface area contributed by atoms with Crippen LogP contribution in [0.5, 0.6) is 0 Å². The minimum atomic E-state index is 0.935. The van der Waals surface area contributed by atoms with Crippen LogP contribution < -0.4 is 0 Å². The Labute approximate surface area is 237 Å². The average Bonchev–Trinajstić information content (AvgIpc) is 3.40. The third kappa shape index (κ3) is 3.97. The summed E-state index contributed by atoms with van der Waals surface area (Å²) >= 11 is 0. The minimum Gasteiger partial charge on any atom is -0.309 e. The van der Waals surface area contributed by atoms with Crippen LogP contribution in [0.3, 0.4) is 0 Å². The summed E-state index contributed by atoms with van der Waals surface area (Å²) in [5.41, 5.74) is 10.7. The normalized spacial score (nSPS) is 11.4. The van der Waals surface area contributed by atoms with E-state index in [1.165, 1.54) is 10.8 Å². The van der Waals surface area contributed by atoms with Crippen LogP contribution in [0.1, 0.15) is 0 Å². The van der Waals surface area contributed by atoms with Crippen LogP contribution in [0.15, 0.2) is 146 Å². The van der Waals surface area contributed by atoms with Gasteiger partial charge in [0, 0.05) is 51.6 Å². The standard InChI is InChI=1S/C37H24N4/c1-2-15-34-31(12-1)36-35(17-16-25-10-8-20-40-37(25)36)41(34)30-11-7-9-26(24-30)27-21-28(32-13-3-5-18-38-32)23-29(22-27)33-14-4-6-19-39-33/h1-24H. The minimum absolute atomic E-state index is 0.935. The summed E-state index contributed by atoms with van der Waals surface area (Å²) in [6.07, 6.45) is 5.55. The fourth-order valence-electron chi connectivity index (χ4n) is 5.86. The summed E-state index contributed by atoms with van der Waals surface area (Å²) in [6.45, 7) is 0. The zero-order valence-corrected chi connectivity index (χ0v) is 22.1. The number of benzene rings is 4. The second-order valence-electron chi connectivity index (χ2n) is 10.2. The third-order valence-corrected chi connectivity index (χ3v) is 7.70. The van der Waals surface area contributed by atoms with E-state index in [4.69, 9.17) is 4.98 Å². The molecule has 0 N–H and O–H groups in total. The molecule has 41 heavy (non-hydrogen) atoms. The highest BCUT2D eigenvalue weighted by molar-refractivity contribution is 6.20. The van der Waals surface area contributed by atoms with Crippen molar-refractivity contribution in [1.82, 2.24) is 19.5 Å². The van der Waals surface area contributed by atoms with Crippen LogP contribution in [-0.2, 0) is 0 Å². The van der Waals surface area contributed by atoms with Gasteiger partial charge in [-0.3, -0.25) is 15.0 Å². The Morgan fingerprint density at radius 2 is 1.15 bits per heavy atom. The molecule has 0 radical (unpaired) electrons. The molecule has 0 aliphatic heterocycles. The Hall–Kier alpha value is -5.61. The van der Waals surface area contributed by atoms with Crippen LogP contribution in [0, 0.1) is 0 Å². The third-order valence-electron chi connectivity index (χ3n) is 7.70. The largest absolute Gasteiger partial charge is 0.309 e. The summed E-state index contributed by atoms with van der Waals surface area (Å²) in [5, 5.41) is 3.52. The predicted octanol–water partition coefficient (Wildman–Crippen LogP) is 9.12. The van der Waals surface area contributed by atoms with Crippen LogP contribution >= 0.6 is 0 Å². The zero-order valence-electron chi connectivity index (χ0n) is 22.1. The number of para-hydroxylation sites is 1. The van der Waals surface area contributed by atoms with Gasteiger partial charge < -0.3 is 4.57 Å². The predicted molar refractivity (Wildman–Crippen MR) is 168 cm³/mol. The zero-order chi connectivity index (χ0) is 27.2. The van der Waals surface area contributed by atoms with E-state index >= 15 is 0 Å². The first kappa shape index (κ1) is 23.3. The van der Waals surface area contributed by atoms with E-state index in [0.29, 0.717) is 0 Å². The Morgan fingerprint density at radius 1 is 0.439 bits per heavy atom. The molecule has 0 saturated carbocycles. The molecule has 0 amide bonds. The van der Waals surface area contributed by atoms with Gasteiger partial charge in [-0.25, -0.2) is 0 Å². The van der Waals surface area contributed by atoms with Crippen molar-refractivity contribution in [3.05, 3.63) is 146 Å². The Bertz CT molecular complexity index is 2140. The molecule has 4 heteroatoms. The fraction of sp³-hybridized carbons (Fsp3) is 0. The highest BCUT2D eigenvalue weighted by Crippen LogP contribution is 2.37. The molecule has 0 aliphatic carbocycles. The second kappa shape index (κ2) is 9.54. The van der Waals surface area contributed by atoms with E-state index in [1.807, 2.05) is 61.1 Å². The van der Waals surface area contributed by atoms with Crippen molar-refractivity contribution < 1.29 is 0 Å². The molecule has 0 atom stereocenters. The maximum atomic E-state index is 4.78. The molecule has 0 aliphatic rings. The molecular weight excluding hydrogens is 500 g/mol. The topological polar surface area (TPSA) is 43.6 Å². The smallest absolute Gasteiger partial charge is 0.0802 e. The maximum absolute atomic E-state index is 4.78. The molecule has 0 fully saturated rings. The van der Waals surface area contributed by atoms with Crippen LogP contribution in [0.2, 0.25) is 0 Å². The van der Waals surface area contributed by atoms with Crippen molar-refractivity contribution in [2.24, 2.45) is 0 Å². The van der Waals surface area contributed by atoms with E-state index in [9.17, 15) is 0 Å². The molecule has 0 saturated heterocycles. The second-order valence-corrected chi connectivity index (χ2v) is 10.2. The van der Waals surface area contributed by atoms with Crippen molar-refractivity contribution >= 4 is 32.7 Å². The Kier molecular flexibility index (Phi) is 5.42. The van der Waals surface area contributed by atoms with Gasteiger partial charge in [0.15, 0.2) is 0 Å². The Balaban J connectivity index is 1.35. The summed E-state index contributed by atoms with van der Waals surface area (Å²) in [6, 6.07) is 44.5. The molecule has 4 aromatic carbocycles. The highest BCUT2D eigenvalue weighted by Gasteiger charge is 2.16. The quantitative estimate of drug-likeness (QED) is 0.231. The van der Waals surface area contributed by atoms with E-state index in [0.717, 1.165) is 61.3 Å².